The largest absolute Gasteiger partial charge is 0.487 e. The van der Waals surface area contributed by atoms with Gasteiger partial charge in [-0.15, -0.1) is 0 Å². The normalized spacial score (nSPS) is 10.3. The lowest BCUT2D eigenvalue weighted by Gasteiger charge is -2.12. The molecule has 116 valence electrons. The van der Waals surface area contributed by atoms with E-state index in [2.05, 4.69) is 87.1 Å². The molecule has 0 spiro atoms. The summed E-state index contributed by atoms with van der Waals surface area (Å²) in [6.07, 6.45) is 2.79. The molecule has 22 heavy (non-hydrogen) atoms. The third-order valence-corrected chi connectivity index (χ3v) is 4.44. The average Bonchev–Trinajstić information content (AvgIpc) is 2.52. The van der Waals surface area contributed by atoms with Crippen molar-refractivity contribution in [3.8, 4) is 5.75 Å². The van der Waals surface area contributed by atoms with Gasteiger partial charge in [-0.1, -0.05) is 31.7 Å². The predicted octanol–water partition coefficient (Wildman–Crippen LogP) is 5.95. The summed E-state index contributed by atoms with van der Waals surface area (Å²) in [5, 5.41) is 3.43. The molecule has 0 radical (unpaired) electrons. The Morgan fingerprint density at radius 2 is 1.73 bits per heavy atom. The highest BCUT2D eigenvalue weighted by Gasteiger charge is 2.08. The second-order valence-corrected chi connectivity index (χ2v) is 6.60. The van der Waals surface area contributed by atoms with Crippen molar-refractivity contribution in [2.24, 2.45) is 0 Å². The molecule has 0 aliphatic rings. The van der Waals surface area contributed by atoms with Crippen molar-refractivity contribution in [2.75, 3.05) is 11.9 Å². The Labute approximate surface area is 148 Å². The highest BCUT2D eigenvalue weighted by atomic mass is 79.9. The maximum absolute atomic E-state index is 5.63. The van der Waals surface area contributed by atoms with Gasteiger partial charge in [0.1, 0.15) is 12.4 Å². The van der Waals surface area contributed by atoms with Gasteiger partial charge >= 0.3 is 0 Å². The average molecular weight is 425 g/mol. The van der Waals surface area contributed by atoms with Crippen molar-refractivity contribution in [1.82, 2.24) is 0 Å². The summed E-state index contributed by atoms with van der Waals surface area (Å²) in [7, 11) is 0. The number of hydrogen-bond acceptors (Lipinski definition) is 2. The molecule has 0 fully saturated rings. The predicted molar refractivity (Wildman–Crippen MR) is 101 cm³/mol. The molecule has 0 unspecified atom stereocenters. The van der Waals surface area contributed by atoms with Crippen LogP contribution in [0.15, 0.2) is 58.0 Å². The van der Waals surface area contributed by atoms with Crippen molar-refractivity contribution in [3.63, 3.8) is 0 Å². The molecule has 0 saturated heterocycles. The Morgan fingerprint density at radius 1 is 1.09 bits per heavy atom. The molecule has 2 aromatic carbocycles. The fourth-order valence-corrected chi connectivity index (χ4v) is 3.57. The summed E-state index contributed by atoms with van der Waals surface area (Å²) in [5.41, 5.74) is 3.64. The van der Waals surface area contributed by atoms with Crippen LogP contribution in [0.5, 0.6) is 5.75 Å². The highest BCUT2D eigenvalue weighted by molar-refractivity contribution is 9.11. The van der Waals surface area contributed by atoms with Gasteiger partial charge in [0.2, 0.25) is 0 Å². The van der Waals surface area contributed by atoms with Gasteiger partial charge in [-0.2, -0.15) is 0 Å². The van der Waals surface area contributed by atoms with E-state index in [1.807, 2.05) is 0 Å². The lowest BCUT2D eigenvalue weighted by molar-refractivity contribution is 0.358. The quantitative estimate of drug-likeness (QED) is 0.554. The molecule has 2 rings (SSSR count). The molecule has 4 heteroatoms. The summed E-state index contributed by atoms with van der Waals surface area (Å²) < 4.78 is 7.49. The molecular formula is C18H19Br2NO. The van der Waals surface area contributed by atoms with Gasteiger partial charge in [0, 0.05) is 12.2 Å². The van der Waals surface area contributed by atoms with Crippen LogP contribution in [0.4, 0.5) is 5.69 Å². The summed E-state index contributed by atoms with van der Waals surface area (Å²) in [6, 6.07) is 12.7. The van der Waals surface area contributed by atoms with Crippen molar-refractivity contribution in [2.45, 2.75) is 19.9 Å². The van der Waals surface area contributed by atoms with E-state index in [0.29, 0.717) is 6.61 Å². The van der Waals surface area contributed by atoms with Crippen LogP contribution in [0.3, 0.4) is 0 Å². The third-order valence-electron chi connectivity index (χ3n) is 3.26. The Morgan fingerprint density at radius 3 is 2.27 bits per heavy atom. The van der Waals surface area contributed by atoms with Gasteiger partial charge in [-0.25, -0.2) is 0 Å². The van der Waals surface area contributed by atoms with Crippen LogP contribution in [0, 0.1) is 0 Å². The van der Waals surface area contributed by atoms with Crippen molar-refractivity contribution in [1.29, 1.82) is 0 Å². The van der Waals surface area contributed by atoms with E-state index < -0.39 is 0 Å². The van der Waals surface area contributed by atoms with Gasteiger partial charge in [0.25, 0.3) is 0 Å². The SMILES string of the molecule is C=CCOc1c(Br)cc(CNc2ccc(CC)cc2)cc1Br. The monoisotopic (exact) mass is 423 g/mol. The van der Waals surface area contributed by atoms with Gasteiger partial charge in [-0.05, 0) is 73.7 Å². The van der Waals surface area contributed by atoms with Crippen LogP contribution < -0.4 is 10.1 Å². The summed E-state index contributed by atoms with van der Waals surface area (Å²) >= 11 is 7.11. The van der Waals surface area contributed by atoms with Crippen molar-refractivity contribution in [3.05, 3.63) is 69.1 Å². The molecule has 0 heterocycles. The van der Waals surface area contributed by atoms with Crippen molar-refractivity contribution >= 4 is 37.5 Å². The molecule has 0 aliphatic carbocycles. The molecule has 0 aliphatic heterocycles. The number of rotatable bonds is 7. The molecular weight excluding hydrogens is 406 g/mol. The van der Waals surface area contributed by atoms with Crippen LogP contribution in [-0.2, 0) is 13.0 Å². The summed E-state index contributed by atoms with van der Waals surface area (Å²) in [4.78, 5) is 0. The first-order valence-electron chi connectivity index (χ1n) is 7.18. The Hall–Kier alpha value is -1.26. The van der Waals surface area contributed by atoms with Crippen LogP contribution in [0.1, 0.15) is 18.1 Å². The van der Waals surface area contributed by atoms with E-state index in [9.17, 15) is 0 Å². The van der Waals surface area contributed by atoms with Crippen LogP contribution in [-0.4, -0.2) is 6.61 Å². The first kappa shape index (κ1) is 17.1. The minimum atomic E-state index is 0.485. The van der Waals surface area contributed by atoms with Gasteiger partial charge in [0.15, 0.2) is 0 Å². The number of anilines is 1. The topological polar surface area (TPSA) is 21.3 Å². The zero-order valence-electron chi connectivity index (χ0n) is 12.5. The highest BCUT2D eigenvalue weighted by Crippen LogP contribution is 2.35. The second kappa shape index (κ2) is 8.39. The fourth-order valence-electron chi connectivity index (χ4n) is 2.06. The zero-order chi connectivity index (χ0) is 15.9. The minimum Gasteiger partial charge on any atom is -0.487 e. The van der Waals surface area contributed by atoms with Gasteiger partial charge in [0.05, 0.1) is 8.95 Å². The Balaban J connectivity index is 2.04. The molecule has 2 aromatic rings. The molecule has 0 saturated carbocycles. The standard InChI is InChI=1S/C18H19Br2NO/c1-3-9-22-18-16(19)10-14(11-17(18)20)12-21-15-7-5-13(4-2)6-8-15/h3,5-8,10-11,21H,1,4,9,12H2,2H3. The number of aryl methyl sites for hydroxylation is 1. The van der Waals surface area contributed by atoms with E-state index in [4.69, 9.17) is 4.74 Å². The molecule has 2 nitrogen and oxygen atoms in total. The van der Waals surface area contributed by atoms with Gasteiger partial charge in [-0.3, -0.25) is 0 Å². The number of hydrogen-bond donors (Lipinski definition) is 1. The first-order valence-corrected chi connectivity index (χ1v) is 8.77. The number of benzene rings is 2. The molecule has 0 aromatic heterocycles. The maximum atomic E-state index is 5.63. The number of nitrogens with one attached hydrogen (secondary N) is 1. The maximum Gasteiger partial charge on any atom is 0.148 e. The third kappa shape index (κ3) is 4.62. The number of halogens is 2. The summed E-state index contributed by atoms with van der Waals surface area (Å²) in [5.74, 6) is 0.802. The zero-order valence-corrected chi connectivity index (χ0v) is 15.7. The lowest BCUT2D eigenvalue weighted by Crippen LogP contribution is -2.01. The Kier molecular flexibility index (Phi) is 6.52. The van der Waals surface area contributed by atoms with E-state index in [1.54, 1.807) is 6.08 Å². The lowest BCUT2D eigenvalue weighted by atomic mass is 10.1. The van der Waals surface area contributed by atoms with E-state index >= 15 is 0 Å². The van der Waals surface area contributed by atoms with E-state index in [-0.39, 0.29) is 0 Å². The fraction of sp³-hybridized carbons (Fsp3) is 0.222. The molecule has 0 amide bonds. The number of ether oxygens (including phenoxy) is 1. The van der Waals surface area contributed by atoms with E-state index in [0.717, 1.165) is 33.3 Å². The molecule has 0 atom stereocenters. The van der Waals surface area contributed by atoms with Gasteiger partial charge < -0.3 is 10.1 Å². The van der Waals surface area contributed by atoms with Crippen LogP contribution in [0.2, 0.25) is 0 Å². The smallest absolute Gasteiger partial charge is 0.148 e. The first-order chi connectivity index (χ1) is 10.6. The second-order valence-electron chi connectivity index (χ2n) is 4.89. The summed E-state index contributed by atoms with van der Waals surface area (Å²) in [6.45, 7) is 7.06. The minimum absolute atomic E-state index is 0.485. The van der Waals surface area contributed by atoms with Crippen LogP contribution >= 0.6 is 31.9 Å². The molecule has 1 N–H and O–H groups in total. The van der Waals surface area contributed by atoms with Crippen molar-refractivity contribution < 1.29 is 4.74 Å². The Bertz CT molecular complexity index is 615. The van der Waals surface area contributed by atoms with E-state index in [1.165, 1.54) is 11.1 Å². The molecule has 0 bridgehead atoms. The van der Waals surface area contributed by atoms with Crippen LogP contribution in [0.25, 0.3) is 0 Å².